The topological polar surface area (TPSA) is 66.6 Å². The lowest BCUT2D eigenvalue weighted by molar-refractivity contribution is 0.0622. The second-order valence-electron chi connectivity index (χ2n) is 4.47. The van der Waals surface area contributed by atoms with Crippen LogP contribution in [0.25, 0.3) is 0 Å². The fourth-order valence-corrected chi connectivity index (χ4v) is 2.43. The van der Waals surface area contributed by atoms with Gasteiger partial charge in [-0.15, -0.1) is 0 Å². The zero-order valence-electron chi connectivity index (χ0n) is 11.4. The van der Waals surface area contributed by atoms with Crippen LogP contribution in [0.15, 0.2) is 18.2 Å². The molecule has 0 saturated heterocycles. The average molecular weight is 285 g/mol. The van der Waals surface area contributed by atoms with E-state index in [-0.39, 0.29) is 18.6 Å². The molecule has 0 aliphatic carbocycles. The predicted molar refractivity (Wildman–Crippen MR) is 78.4 cm³/mol. The van der Waals surface area contributed by atoms with Crippen molar-refractivity contribution in [1.82, 2.24) is 4.90 Å². The number of rotatable bonds is 6. The minimum Gasteiger partial charge on any atom is -0.399 e. The summed E-state index contributed by atoms with van der Waals surface area (Å²) in [5.41, 5.74) is 6.63. The van der Waals surface area contributed by atoms with Crippen LogP contribution in [0, 0.1) is 0 Å². The van der Waals surface area contributed by atoms with Gasteiger partial charge in [0.25, 0.3) is 5.91 Å². The average Bonchev–Trinajstić information content (AvgIpc) is 2.37. The second-order valence-corrected chi connectivity index (χ2v) is 4.90. The molecule has 0 bridgehead atoms. The Morgan fingerprint density at radius 3 is 2.47 bits per heavy atom. The van der Waals surface area contributed by atoms with Crippen molar-refractivity contribution < 1.29 is 9.90 Å². The molecule has 4 nitrogen and oxygen atoms in total. The summed E-state index contributed by atoms with van der Waals surface area (Å²) < 4.78 is 0. The van der Waals surface area contributed by atoms with Crippen molar-refractivity contribution in [1.29, 1.82) is 0 Å². The minimum absolute atomic E-state index is 0.0573. The highest BCUT2D eigenvalue weighted by molar-refractivity contribution is 6.31. The largest absolute Gasteiger partial charge is 0.399 e. The quantitative estimate of drug-likeness (QED) is 0.789. The summed E-state index contributed by atoms with van der Waals surface area (Å²) >= 11 is 5.92. The number of hydrogen-bond acceptors (Lipinski definition) is 3. The van der Waals surface area contributed by atoms with Gasteiger partial charge in [0.2, 0.25) is 0 Å². The highest BCUT2D eigenvalue weighted by Gasteiger charge is 2.22. The van der Waals surface area contributed by atoms with E-state index in [9.17, 15) is 4.79 Å². The third-order valence-electron chi connectivity index (χ3n) is 3.15. The van der Waals surface area contributed by atoms with Crippen LogP contribution in [-0.4, -0.2) is 35.1 Å². The van der Waals surface area contributed by atoms with Crippen LogP contribution in [0.4, 0.5) is 5.69 Å². The van der Waals surface area contributed by atoms with Crippen LogP contribution < -0.4 is 5.73 Å². The molecule has 5 heteroatoms. The number of carbonyl (C=O) groups excluding carboxylic acids is 1. The summed E-state index contributed by atoms with van der Waals surface area (Å²) in [7, 11) is 0. The van der Waals surface area contributed by atoms with Crippen molar-refractivity contribution in [2.75, 3.05) is 18.9 Å². The lowest BCUT2D eigenvalue weighted by Gasteiger charge is -2.30. The molecule has 1 aromatic rings. The van der Waals surface area contributed by atoms with E-state index in [0.717, 1.165) is 12.8 Å². The first-order chi connectivity index (χ1) is 9.03. The molecule has 1 rings (SSSR count). The fourth-order valence-electron chi connectivity index (χ4n) is 2.19. The number of carbonyl (C=O) groups is 1. The maximum absolute atomic E-state index is 12.5. The fraction of sp³-hybridized carbons (Fsp3) is 0.500. The molecule has 19 heavy (non-hydrogen) atoms. The molecule has 0 heterocycles. The number of aliphatic hydroxyl groups excluding tert-OH is 1. The Morgan fingerprint density at radius 2 is 2.00 bits per heavy atom. The molecule has 1 aromatic carbocycles. The van der Waals surface area contributed by atoms with Gasteiger partial charge in [-0.05, 0) is 31.0 Å². The number of halogens is 1. The molecule has 3 N–H and O–H groups in total. The second kappa shape index (κ2) is 7.36. The summed E-state index contributed by atoms with van der Waals surface area (Å²) in [5, 5.41) is 9.58. The summed E-state index contributed by atoms with van der Waals surface area (Å²) in [6, 6.07) is 4.93. The van der Waals surface area contributed by atoms with E-state index >= 15 is 0 Å². The first kappa shape index (κ1) is 15.8. The van der Waals surface area contributed by atoms with E-state index in [4.69, 9.17) is 22.4 Å². The Labute approximate surface area is 119 Å². The van der Waals surface area contributed by atoms with E-state index in [1.165, 1.54) is 0 Å². The van der Waals surface area contributed by atoms with E-state index in [0.29, 0.717) is 22.8 Å². The Morgan fingerprint density at radius 1 is 1.37 bits per heavy atom. The number of nitrogens with zero attached hydrogens (tertiary/aromatic N) is 1. The number of nitrogen functional groups attached to an aromatic ring is 1. The maximum atomic E-state index is 12.5. The Balaban J connectivity index is 3.04. The van der Waals surface area contributed by atoms with Gasteiger partial charge in [-0.2, -0.15) is 0 Å². The molecule has 0 atom stereocenters. The van der Waals surface area contributed by atoms with Crippen molar-refractivity contribution in [3.8, 4) is 0 Å². The Kier molecular flexibility index (Phi) is 6.12. The standard InChI is InChI=1S/C14H21ClN2O2/c1-3-13(4-2)17(5-6-18)14(19)10-7-11(15)9-12(16)8-10/h7-9,13,18H,3-6,16H2,1-2H3. The van der Waals surface area contributed by atoms with Gasteiger partial charge in [0.05, 0.1) is 6.61 Å². The summed E-state index contributed by atoms with van der Waals surface area (Å²) in [6.07, 6.45) is 1.69. The van der Waals surface area contributed by atoms with E-state index in [1.807, 2.05) is 13.8 Å². The van der Waals surface area contributed by atoms with Crippen molar-refractivity contribution in [3.05, 3.63) is 28.8 Å². The van der Waals surface area contributed by atoms with Crippen LogP contribution >= 0.6 is 11.6 Å². The van der Waals surface area contributed by atoms with Gasteiger partial charge in [0, 0.05) is 28.9 Å². The number of anilines is 1. The normalized spacial score (nSPS) is 10.8. The van der Waals surface area contributed by atoms with Gasteiger partial charge in [-0.25, -0.2) is 0 Å². The van der Waals surface area contributed by atoms with Crippen LogP contribution in [0.2, 0.25) is 5.02 Å². The predicted octanol–water partition coefficient (Wildman–Crippen LogP) is 2.55. The van der Waals surface area contributed by atoms with Crippen molar-refractivity contribution >= 4 is 23.2 Å². The first-order valence-corrected chi connectivity index (χ1v) is 6.89. The lowest BCUT2D eigenvalue weighted by Crippen LogP contribution is -2.41. The van der Waals surface area contributed by atoms with E-state index in [1.54, 1.807) is 23.1 Å². The van der Waals surface area contributed by atoms with Gasteiger partial charge in [0.1, 0.15) is 0 Å². The van der Waals surface area contributed by atoms with Crippen LogP contribution in [0.3, 0.4) is 0 Å². The molecular formula is C14H21ClN2O2. The molecule has 0 aromatic heterocycles. The first-order valence-electron chi connectivity index (χ1n) is 6.51. The SMILES string of the molecule is CCC(CC)N(CCO)C(=O)c1cc(N)cc(Cl)c1. The van der Waals surface area contributed by atoms with Gasteiger partial charge in [0.15, 0.2) is 0 Å². The third kappa shape index (κ3) is 4.11. The molecule has 1 amide bonds. The summed E-state index contributed by atoms with van der Waals surface area (Å²) in [6.45, 7) is 4.31. The number of amides is 1. The molecular weight excluding hydrogens is 264 g/mol. The van der Waals surface area contributed by atoms with Gasteiger partial charge >= 0.3 is 0 Å². The molecule has 0 aliphatic rings. The number of aliphatic hydroxyl groups is 1. The van der Waals surface area contributed by atoms with E-state index < -0.39 is 0 Å². The van der Waals surface area contributed by atoms with Crippen molar-refractivity contribution in [3.63, 3.8) is 0 Å². The third-order valence-corrected chi connectivity index (χ3v) is 3.37. The van der Waals surface area contributed by atoms with Gasteiger partial charge in [-0.3, -0.25) is 4.79 Å². The van der Waals surface area contributed by atoms with Crippen LogP contribution in [-0.2, 0) is 0 Å². The highest BCUT2D eigenvalue weighted by Crippen LogP contribution is 2.20. The number of nitrogens with two attached hydrogens (primary N) is 1. The number of hydrogen-bond donors (Lipinski definition) is 2. The monoisotopic (exact) mass is 284 g/mol. The number of benzene rings is 1. The van der Waals surface area contributed by atoms with E-state index in [2.05, 4.69) is 0 Å². The highest BCUT2D eigenvalue weighted by atomic mass is 35.5. The Hall–Kier alpha value is -1.26. The minimum atomic E-state index is -0.142. The smallest absolute Gasteiger partial charge is 0.254 e. The maximum Gasteiger partial charge on any atom is 0.254 e. The summed E-state index contributed by atoms with van der Waals surface area (Å²) in [5.74, 6) is -0.142. The van der Waals surface area contributed by atoms with Crippen molar-refractivity contribution in [2.24, 2.45) is 0 Å². The van der Waals surface area contributed by atoms with Gasteiger partial charge in [-0.1, -0.05) is 25.4 Å². The molecule has 0 aliphatic heterocycles. The molecule has 0 radical (unpaired) electrons. The zero-order chi connectivity index (χ0) is 14.4. The molecule has 0 spiro atoms. The molecule has 0 unspecified atom stereocenters. The Bertz CT molecular complexity index is 413. The molecule has 106 valence electrons. The zero-order valence-corrected chi connectivity index (χ0v) is 12.2. The van der Waals surface area contributed by atoms with Crippen LogP contribution in [0.5, 0.6) is 0 Å². The van der Waals surface area contributed by atoms with Crippen LogP contribution in [0.1, 0.15) is 37.0 Å². The lowest BCUT2D eigenvalue weighted by atomic mass is 10.1. The van der Waals surface area contributed by atoms with Gasteiger partial charge < -0.3 is 15.7 Å². The summed E-state index contributed by atoms with van der Waals surface area (Å²) in [4.78, 5) is 14.2. The molecule has 0 saturated carbocycles. The van der Waals surface area contributed by atoms with Crippen molar-refractivity contribution in [2.45, 2.75) is 32.7 Å². The molecule has 0 fully saturated rings.